The molecule has 0 saturated carbocycles. The standard InChI is InChI=1S/C25H26N4O3S2/c1-4-5-22-28-29-23(26)19(24(30)27-25(29)34-22)14-17-8-11-20(21(15-17)31-3)32-12-13-33-18-9-6-16(2)7-10-18/h6-11,14-15,26H,4-5,12-13H2,1-3H3/b19-14-,26-23?. The molecule has 9 heteroatoms. The Bertz CT molecular complexity index is 1190. The van der Waals surface area contributed by atoms with Crippen molar-refractivity contribution in [2.75, 3.05) is 19.5 Å². The van der Waals surface area contributed by atoms with Gasteiger partial charge in [-0.25, -0.2) is 0 Å². The van der Waals surface area contributed by atoms with Gasteiger partial charge in [-0.1, -0.05) is 30.7 Å². The second-order valence-corrected chi connectivity index (χ2v) is 9.89. The number of thioether (sulfide) groups is 2. The molecule has 0 spiro atoms. The first kappa shape index (κ1) is 24.1. The van der Waals surface area contributed by atoms with Crippen molar-refractivity contribution in [1.29, 1.82) is 5.41 Å². The number of nitrogens with zero attached hydrogens (tertiary/aromatic N) is 3. The van der Waals surface area contributed by atoms with E-state index in [1.807, 2.05) is 12.1 Å². The van der Waals surface area contributed by atoms with Crippen LogP contribution in [-0.4, -0.2) is 46.4 Å². The number of fused-ring (bicyclic) bond motifs is 1. The molecule has 0 aromatic heterocycles. The quantitative estimate of drug-likeness (QED) is 0.278. The first-order chi connectivity index (χ1) is 16.5. The van der Waals surface area contributed by atoms with Crippen molar-refractivity contribution < 1.29 is 14.3 Å². The molecule has 4 rings (SSSR count). The van der Waals surface area contributed by atoms with Crippen LogP contribution in [0.5, 0.6) is 11.5 Å². The number of ether oxygens (including phenoxy) is 2. The molecule has 0 fully saturated rings. The zero-order valence-corrected chi connectivity index (χ0v) is 21.0. The van der Waals surface area contributed by atoms with Crippen molar-refractivity contribution in [2.24, 2.45) is 10.1 Å². The number of aliphatic imine (C=N–C) groups is 1. The van der Waals surface area contributed by atoms with E-state index >= 15 is 0 Å². The molecule has 2 aromatic rings. The summed E-state index contributed by atoms with van der Waals surface area (Å²) >= 11 is 3.08. The number of aryl methyl sites for hydroxylation is 1. The van der Waals surface area contributed by atoms with Gasteiger partial charge in [-0.15, -0.1) is 11.8 Å². The predicted octanol–water partition coefficient (Wildman–Crippen LogP) is 5.59. The number of amides is 1. The minimum absolute atomic E-state index is 0.0287. The molecule has 1 N–H and O–H groups in total. The first-order valence-electron chi connectivity index (χ1n) is 11.0. The fourth-order valence-corrected chi connectivity index (χ4v) is 5.07. The average molecular weight is 495 g/mol. The summed E-state index contributed by atoms with van der Waals surface area (Å²) in [6, 6.07) is 13.9. The van der Waals surface area contributed by atoms with Crippen LogP contribution in [0.1, 0.15) is 30.9 Å². The van der Waals surface area contributed by atoms with E-state index in [0.717, 1.165) is 29.2 Å². The molecule has 7 nitrogen and oxygen atoms in total. The zero-order valence-electron chi connectivity index (χ0n) is 19.3. The molecule has 0 aliphatic carbocycles. The Labute approximate surface area is 207 Å². The summed E-state index contributed by atoms with van der Waals surface area (Å²) in [6.07, 6.45) is 3.38. The largest absolute Gasteiger partial charge is 0.493 e. The van der Waals surface area contributed by atoms with Crippen LogP contribution in [0, 0.1) is 12.3 Å². The van der Waals surface area contributed by atoms with Crippen molar-refractivity contribution in [3.05, 3.63) is 59.2 Å². The van der Waals surface area contributed by atoms with Crippen molar-refractivity contribution in [1.82, 2.24) is 5.01 Å². The van der Waals surface area contributed by atoms with Crippen LogP contribution in [0.3, 0.4) is 0 Å². The lowest BCUT2D eigenvalue weighted by Crippen LogP contribution is -2.35. The summed E-state index contributed by atoms with van der Waals surface area (Å²) in [5, 5.41) is 15.7. The van der Waals surface area contributed by atoms with Crippen LogP contribution in [0.2, 0.25) is 0 Å². The number of hydrogen-bond acceptors (Lipinski definition) is 7. The van der Waals surface area contributed by atoms with Gasteiger partial charge in [0.1, 0.15) is 5.04 Å². The van der Waals surface area contributed by atoms with Crippen LogP contribution in [0.25, 0.3) is 6.08 Å². The molecule has 2 aromatic carbocycles. The number of methoxy groups -OCH3 is 1. The summed E-state index contributed by atoms with van der Waals surface area (Å²) in [6.45, 7) is 4.66. The zero-order chi connectivity index (χ0) is 24.1. The minimum Gasteiger partial charge on any atom is -0.493 e. The van der Waals surface area contributed by atoms with Gasteiger partial charge in [-0.3, -0.25) is 10.2 Å². The van der Waals surface area contributed by atoms with Gasteiger partial charge in [0, 0.05) is 10.6 Å². The molecule has 34 heavy (non-hydrogen) atoms. The molecule has 0 unspecified atom stereocenters. The summed E-state index contributed by atoms with van der Waals surface area (Å²) in [7, 11) is 1.58. The Morgan fingerprint density at radius 1 is 1.18 bits per heavy atom. The highest BCUT2D eigenvalue weighted by Crippen LogP contribution is 2.32. The van der Waals surface area contributed by atoms with Crippen LogP contribution in [0.15, 0.2) is 63.0 Å². The van der Waals surface area contributed by atoms with Crippen LogP contribution in [0.4, 0.5) is 0 Å². The highest BCUT2D eigenvalue weighted by atomic mass is 32.2. The third-order valence-corrected chi connectivity index (χ3v) is 7.03. The molecular formula is C25H26N4O3S2. The number of rotatable bonds is 9. The maximum absolute atomic E-state index is 12.6. The number of carbonyl (C=O) groups excluding carboxylic acids is 1. The monoisotopic (exact) mass is 494 g/mol. The van der Waals surface area contributed by atoms with Gasteiger partial charge < -0.3 is 9.47 Å². The number of benzene rings is 2. The number of hydrogen-bond donors (Lipinski definition) is 1. The Balaban J connectivity index is 1.43. The maximum atomic E-state index is 12.6. The van der Waals surface area contributed by atoms with Crippen LogP contribution in [-0.2, 0) is 4.79 Å². The van der Waals surface area contributed by atoms with E-state index in [0.29, 0.717) is 23.3 Å². The SMILES string of the molecule is CCCC1=NN2C(=N)/C(=C/c3ccc(OCCSc4ccc(C)cc4)c(OC)c3)C(=O)N=C2S1. The lowest BCUT2D eigenvalue weighted by Gasteiger charge is -2.20. The van der Waals surface area contributed by atoms with Crippen LogP contribution >= 0.6 is 23.5 Å². The van der Waals surface area contributed by atoms with Crippen molar-refractivity contribution in [3.63, 3.8) is 0 Å². The van der Waals surface area contributed by atoms with Crippen molar-refractivity contribution in [3.8, 4) is 11.5 Å². The first-order valence-corrected chi connectivity index (χ1v) is 12.8. The smallest absolute Gasteiger partial charge is 0.283 e. The van der Waals surface area contributed by atoms with E-state index < -0.39 is 5.91 Å². The van der Waals surface area contributed by atoms with E-state index in [4.69, 9.17) is 14.9 Å². The average Bonchev–Trinajstić information content (AvgIpc) is 3.24. The van der Waals surface area contributed by atoms with E-state index in [9.17, 15) is 4.79 Å². The summed E-state index contributed by atoms with van der Waals surface area (Å²) < 4.78 is 11.4. The molecule has 2 aliphatic heterocycles. The van der Waals surface area contributed by atoms with Crippen molar-refractivity contribution in [2.45, 2.75) is 31.6 Å². The Hall–Kier alpha value is -3.04. The van der Waals surface area contributed by atoms with Gasteiger partial charge in [0.05, 0.1) is 19.3 Å². The second kappa shape index (κ2) is 10.9. The van der Waals surface area contributed by atoms with E-state index in [2.05, 4.69) is 48.2 Å². The minimum atomic E-state index is -0.441. The van der Waals surface area contributed by atoms with Gasteiger partial charge >= 0.3 is 0 Å². The molecule has 0 bridgehead atoms. The number of amidine groups is 2. The van der Waals surface area contributed by atoms with Gasteiger partial charge in [-0.2, -0.15) is 15.1 Å². The predicted molar refractivity (Wildman–Crippen MR) is 140 cm³/mol. The molecule has 0 radical (unpaired) electrons. The number of nitrogens with one attached hydrogen (secondary N) is 1. The third kappa shape index (κ3) is 5.53. The van der Waals surface area contributed by atoms with Crippen LogP contribution < -0.4 is 9.47 Å². The maximum Gasteiger partial charge on any atom is 0.283 e. The lowest BCUT2D eigenvalue weighted by atomic mass is 10.1. The number of hydrazone groups is 1. The Kier molecular flexibility index (Phi) is 7.74. The van der Waals surface area contributed by atoms with Gasteiger partial charge in [0.2, 0.25) is 5.17 Å². The summed E-state index contributed by atoms with van der Waals surface area (Å²) in [5.41, 5.74) is 2.15. The summed E-state index contributed by atoms with van der Waals surface area (Å²) in [5.74, 6) is 1.58. The topological polar surface area (TPSA) is 87.3 Å². The summed E-state index contributed by atoms with van der Waals surface area (Å²) in [4.78, 5) is 17.9. The highest BCUT2D eigenvalue weighted by molar-refractivity contribution is 8.26. The van der Waals surface area contributed by atoms with E-state index in [1.165, 1.54) is 27.2 Å². The Morgan fingerprint density at radius 2 is 1.97 bits per heavy atom. The molecule has 0 atom stereocenters. The van der Waals surface area contributed by atoms with E-state index in [1.54, 1.807) is 31.0 Å². The highest BCUT2D eigenvalue weighted by Gasteiger charge is 2.35. The van der Waals surface area contributed by atoms with Gasteiger partial charge in [-0.05, 0) is 67.4 Å². The molecule has 2 aliphatic rings. The fraction of sp³-hybridized carbons (Fsp3) is 0.280. The molecule has 0 saturated heterocycles. The Morgan fingerprint density at radius 3 is 2.71 bits per heavy atom. The number of carbonyl (C=O) groups is 1. The molecule has 1 amide bonds. The van der Waals surface area contributed by atoms with Gasteiger partial charge in [0.15, 0.2) is 17.3 Å². The molecule has 176 valence electrons. The van der Waals surface area contributed by atoms with E-state index in [-0.39, 0.29) is 11.4 Å². The lowest BCUT2D eigenvalue weighted by molar-refractivity contribution is -0.114. The van der Waals surface area contributed by atoms with Crippen molar-refractivity contribution >= 4 is 51.6 Å². The normalized spacial score (nSPS) is 16.4. The third-order valence-electron chi connectivity index (χ3n) is 5.09. The molecule has 2 heterocycles. The fourth-order valence-electron chi connectivity index (χ4n) is 3.35. The second-order valence-electron chi connectivity index (χ2n) is 7.68. The molecular weight excluding hydrogens is 468 g/mol. The van der Waals surface area contributed by atoms with Gasteiger partial charge in [0.25, 0.3) is 5.91 Å².